The highest BCUT2D eigenvalue weighted by Gasteiger charge is 2.21. The molecule has 0 aliphatic carbocycles. The van der Waals surface area contributed by atoms with Gasteiger partial charge in [0, 0.05) is 23.7 Å². The first-order valence-corrected chi connectivity index (χ1v) is 10.9. The normalized spacial score (nSPS) is 12.3. The summed E-state index contributed by atoms with van der Waals surface area (Å²) >= 11 is 1.46. The Bertz CT molecular complexity index is 1530. The largest absolute Gasteiger partial charge is 0.478 e. The van der Waals surface area contributed by atoms with Crippen molar-refractivity contribution in [1.82, 2.24) is 19.5 Å². The van der Waals surface area contributed by atoms with E-state index in [1.165, 1.54) is 23.7 Å². The summed E-state index contributed by atoms with van der Waals surface area (Å²) in [6.07, 6.45) is 2.09. The Labute approximate surface area is 186 Å². The second-order valence-electron chi connectivity index (χ2n) is 7.55. The van der Waals surface area contributed by atoms with Gasteiger partial charge >= 0.3 is 5.97 Å². The number of nitrogens with zero attached hydrogens (tertiary/aromatic N) is 4. The molecule has 3 heterocycles. The van der Waals surface area contributed by atoms with Crippen LogP contribution in [-0.2, 0) is 6.42 Å². The topological polar surface area (TPSA) is 98.0 Å². The van der Waals surface area contributed by atoms with Crippen molar-refractivity contribution in [3.63, 3.8) is 0 Å². The summed E-state index contributed by atoms with van der Waals surface area (Å²) in [6, 6.07) is 16.1. The molecule has 0 amide bonds. The second-order valence-corrected chi connectivity index (χ2v) is 8.39. The molecule has 1 atom stereocenters. The van der Waals surface area contributed by atoms with Crippen molar-refractivity contribution in [2.24, 2.45) is 0 Å². The molecule has 0 aliphatic heterocycles. The maximum absolute atomic E-state index is 13.7. The number of benzene rings is 2. The van der Waals surface area contributed by atoms with Crippen LogP contribution in [0.25, 0.3) is 26.8 Å². The van der Waals surface area contributed by atoms with Crippen molar-refractivity contribution in [1.29, 1.82) is 0 Å². The Kier molecular flexibility index (Phi) is 4.99. The highest BCUT2D eigenvalue weighted by atomic mass is 32.1. The van der Waals surface area contributed by atoms with E-state index in [0.717, 1.165) is 21.7 Å². The molecule has 5 aromatic rings. The number of pyridine rings is 1. The molecule has 0 bridgehead atoms. The van der Waals surface area contributed by atoms with Crippen LogP contribution in [0.1, 0.15) is 34.6 Å². The number of hydrogen-bond acceptors (Lipinski definition) is 6. The highest BCUT2D eigenvalue weighted by molar-refractivity contribution is 7.16. The van der Waals surface area contributed by atoms with Crippen LogP contribution in [0.15, 0.2) is 71.2 Å². The zero-order valence-electron chi connectivity index (χ0n) is 17.1. The van der Waals surface area contributed by atoms with Crippen LogP contribution in [-0.4, -0.2) is 30.6 Å². The predicted molar refractivity (Wildman–Crippen MR) is 124 cm³/mol. The van der Waals surface area contributed by atoms with E-state index >= 15 is 0 Å². The van der Waals surface area contributed by atoms with E-state index < -0.39 is 5.97 Å². The molecule has 0 spiro atoms. The molecule has 32 heavy (non-hydrogen) atoms. The number of hydrogen-bond donors (Lipinski definition) is 1. The van der Waals surface area contributed by atoms with E-state index in [0.29, 0.717) is 17.5 Å². The summed E-state index contributed by atoms with van der Waals surface area (Å²) in [7, 11) is 0. The van der Waals surface area contributed by atoms with Crippen LogP contribution >= 0.6 is 11.3 Å². The molecule has 1 N–H and O–H groups in total. The average molecular weight is 443 g/mol. The Morgan fingerprint density at radius 2 is 1.91 bits per heavy atom. The fraction of sp³-hybridized carbons (Fsp3) is 0.125. The fourth-order valence-corrected chi connectivity index (χ4v) is 4.70. The number of carboxylic acid groups (broad SMARTS) is 1. The average Bonchev–Trinajstić information content (AvgIpc) is 3.29. The Balaban J connectivity index is 1.74. The van der Waals surface area contributed by atoms with Crippen molar-refractivity contribution < 1.29 is 9.90 Å². The van der Waals surface area contributed by atoms with E-state index in [2.05, 4.69) is 15.0 Å². The lowest BCUT2D eigenvalue weighted by molar-refractivity contribution is 0.0699. The molecular formula is C24H18N4O3S. The summed E-state index contributed by atoms with van der Waals surface area (Å²) in [4.78, 5) is 39.4. The Morgan fingerprint density at radius 1 is 1.09 bits per heavy atom. The molecular weight excluding hydrogens is 424 g/mol. The third kappa shape index (κ3) is 3.34. The summed E-state index contributed by atoms with van der Waals surface area (Å²) in [6.45, 7) is 2.03. The molecule has 0 radical (unpaired) electrons. The van der Waals surface area contributed by atoms with E-state index in [4.69, 9.17) is 0 Å². The first kappa shape index (κ1) is 20.0. The molecule has 0 saturated carbocycles. The van der Waals surface area contributed by atoms with Gasteiger partial charge in [0.2, 0.25) is 0 Å². The van der Waals surface area contributed by atoms with Gasteiger partial charge in [-0.05, 0) is 29.7 Å². The SMILES string of the molecule is C[C@H](Cc1ncnc2scnc12)c1cc2cccc(C(=O)O)c2c(=O)n1-c1ccccc1. The minimum absolute atomic E-state index is 0.00336. The molecule has 5 rings (SSSR count). The summed E-state index contributed by atoms with van der Waals surface area (Å²) in [5.74, 6) is -1.22. The standard InChI is InChI=1S/C24H18N4O3S/c1-14(10-18-21-22(26-12-25-18)32-13-27-21)19-11-15-6-5-9-17(24(30)31)20(15)23(29)28(19)16-7-3-2-4-8-16/h2-9,11-14H,10H2,1H3,(H,30,31)/t14-/m1/s1. The van der Waals surface area contributed by atoms with Crippen LogP contribution in [0.3, 0.4) is 0 Å². The molecule has 7 nitrogen and oxygen atoms in total. The molecule has 158 valence electrons. The van der Waals surface area contributed by atoms with E-state index in [9.17, 15) is 14.7 Å². The first-order chi connectivity index (χ1) is 15.5. The lowest BCUT2D eigenvalue weighted by Gasteiger charge is -2.20. The summed E-state index contributed by atoms with van der Waals surface area (Å²) < 4.78 is 1.61. The minimum Gasteiger partial charge on any atom is -0.478 e. The lowest BCUT2D eigenvalue weighted by Crippen LogP contribution is -2.25. The Hall–Kier alpha value is -3.91. The van der Waals surface area contributed by atoms with E-state index in [1.807, 2.05) is 43.3 Å². The summed E-state index contributed by atoms with van der Waals surface area (Å²) in [5.41, 5.74) is 4.44. The molecule has 0 unspecified atom stereocenters. The quantitative estimate of drug-likeness (QED) is 0.432. The van der Waals surface area contributed by atoms with Crippen LogP contribution in [0, 0.1) is 0 Å². The van der Waals surface area contributed by atoms with Crippen molar-refractivity contribution in [3.05, 3.63) is 93.7 Å². The smallest absolute Gasteiger partial charge is 0.336 e. The Morgan fingerprint density at radius 3 is 2.69 bits per heavy atom. The predicted octanol–water partition coefficient (Wildman–Crippen LogP) is 4.43. The summed E-state index contributed by atoms with van der Waals surface area (Å²) in [5, 5.41) is 10.5. The molecule has 0 aliphatic rings. The van der Waals surface area contributed by atoms with Crippen LogP contribution in [0.4, 0.5) is 0 Å². The lowest BCUT2D eigenvalue weighted by atomic mass is 9.96. The number of aromatic carboxylic acids is 1. The number of thiazole rings is 1. The van der Waals surface area contributed by atoms with Crippen molar-refractivity contribution in [2.45, 2.75) is 19.3 Å². The van der Waals surface area contributed by atoms with Gasteiger partial charge in [0.15, 0.2) is 0 Å². The van der Waals surface area contributed by atoms with Gasteiger partial charge in [0.1, 0.15) is 16.7 Å². The zero-order valence-corrected chi connectivity index (χ0v) is 17.9. The third-order valence-corrected chi connectivity index (χ3v) is 6.27. The van der Waals surface area contributed by atoms with E-state index in [1.54, 1.807) is 22.2 Å². The van der Waals surface area contributed by atoms with Crippen molar-refractivity contribution in [3.8, 4) is 5.69 Å². The monoisotopic (exact) mass is 442 g/mol. The van der Waals surface area contributed by atoms with Gasteiger partial charge in [0.05, 0.1) is 22.2 Å². The van der Waals surface area contributed by atoms with Gasteiger partial charge in [-0.1, -0.05) is 37.3 Å². The number of fused-ring (bicyclic) bond motifs is 2. The van der Waals surface area contributed by atoms with Crippen LogP contribution < -0.4 is 5.56 Å². The molecule has 0 saturated heterocycles. The van der Waals surface area contributed by atoms with Crippen molar-refractivity contribution >= 4 is 38.4 Å². The number of para-hydroxylation sites is 1. The van der Waals surface area contributed by atoms with Gasteiger partial charge in [-0.2, -0.15) is 0 Å². The molecule has 8 heteroatoms. The zero-order chi connectivity index (χ0) is 22.2. The third-order valence-electron chi connectivity index (χ3n) is 5.54. The fourth-order valence-electron chi connectivity index (χ4n) is 4.05. The van der Waals surface area contributed by atoms with Gasteiger partial charge in [-0.3, -0.25) is 9.36 Å². The van der Waals surface area contributed by atoms with Crippen molar-refractivity contribution in [2.75, 3.05) is 0 Å². The van der Waals surface area contributed by atoms with Gasteiger partial charge < -0.3 is 5.11 Å². The van der Waals surface area contributed by atoms with E-state index in [-0.39, 0.29) is 22.4 Å². The molecule has 0 fully saturated rings. The first-order valence-electron chi connectivity index (χ1n) is 10.0. The number of carboxylic acids is 1. The highest BCUT2D eigenvalue weighted by Crippen LogP contribution is 2.28. The van der Waals surface area contributed by atoms with Gasteiger partial charge in [-0.25, -0.2) is 19.7 Å². The van der Waals surface area contributed by atoms with Gasteiger partial charge in [-0.15, -0.1) is 11.3 Å². The number of aromatic nitrogens is 4. The molecule has 2 aromatic carbocycles. The molecule has 3 aromatic heterocycles. The number of carbonyl (C=O) groups is 1. The van der Waals surface area contributed by atoms with Crippen LogP contribution in [0.2, 0.25) is 0 Å². The maximum atomic E-state index is 13.7. The maximum Gasteiger partial charge on any atom is 0.336 e. The van der Waals surface area contributed by atoms with Gasteiger partial charge in [0.25, 0.3) is 5.56 Å². The second kappa shape index (κ2) is 7.97. The number of rotatable bonds is 5. The van der Waals surface area contributed by atoms with Crippen LogP contribution in [0.5, 0.6) is 0 Å². The minimum atomic E-state index is -1.12.